The molecule has 1 aliphatic carbocycles. The molecule has 0 saturated heterocycles. The summed E-state index contributed by atoms with van der Waals surface area (Å²) in [6.45, 7) is 4.76. The predicted molar refractivity (Wildman–Crippen MR) is 259 cm³/mol. The minimum atomic E-state index is -0.261. The number of nitrogens with zero attached hydrogens (tertiary/aromatic N) is 3. The zero-order valence-corrected chi connectivity index (χ0v) is 34.5. The highest BCUT2D eigenvalue weighted by atomic mass is 16.5. The van der Waals surface area contributed by atoms with Crippen molar-refractivity contribution in [1.82, 2.24) is 4.57 Å². The van der Waals surface area contributed by atoms with Gasteiger partial charge in [-0.2, -0.15) is 0 Å². The number of rotatable bonds is 6. The highest BCUT2D eigenvalue weighted by Gasteiger charge is 2.44. The third kappa shape index (κ3) is 4.96. The molecule has 4 nitrogen and oxygen atoms in total. The van der Waals surface area contributed by atoms with E-state index in [2.05, 4.69) is 234 Å². The number of benzene rings is 9. The summed E-state index contributed by atoms with van der Waals surface area (Å²) in [5.41, 5.74) is 18.9. The van der Waals surface area contributed by atoms with Crippen LogP contribution < -0.4 is 30.9 Å². The van der Waals surface area contributed by atoms with Crippen LogP contribution in [0.4, 0.5) is 34.1 Å². The van der Waals surface area contributed by atoms with Gasteiger partial charge in [0.2, 0.25) is 0 Å². The molecule has 1 aromatic heterocycles. The van der Waals surface area contributed by atoms with Gasteiger partial charge in [0, 0.05) is 61.9 Å². The summed E-state index contributed by atoms with van der Waals surface area (Å²) < 4.78 is 9.83. The van der Waals surface area contributed by atoms with E-state index in [1.807, 2.05) is 0 Å². The molecule has 9 aromatic carbocycles. The van der Waals surface area contributed by atoms with Gasteiger partial charge in [0.05, 0.1) is 11.2 Å². The summed E-state index contributed by atoms with van der Waals surface area (Å²) in [6, 6.07) is 74.9. The molecule has 3 heterocycles. The molecule has 2 aliphatic heterocycles. The van der Waals surface area contributed by atoms with Crippen molar-refractivity contribution in [1.29, 1.82) is 0 Å². The van der Waals surface area contributed by atoms with Gasteiger partial charge >= 0.3 is 0 Å². The van der Waals surface area contributed by atoms with E-state index in [9.17, 15) is 0 Å². The Balaban J connectivity index is 1.04. The normalized spacial score (nSPS) is 13.5. The number of fused-ring (bicyclic) bond motifs is 10. The summed E-state index contributed by atoms with van der Waals surface area (Å²) in [5, 5.41) is 2.53. The molecule has 5 heteroatoms. The summed E-state index contributed by atoms with van der Waals surface area (Å²) in [7, 11) is 0. The van der Waals surface area contributed by atoms with Crippen molar-refractivity contribution in [3.8, 4) is 28.3 Å². The standard InChI is InChI=1S/C57H40BN3O/c1-57(2)47-32-41(59(37-18-7-3-8-19-37)38-20-9-4-10-21-38)30-31-43(47)46-35-53-50(36-48(46)57)58-49-28-17-27-45-44-26-15-16-29-51(44)61(56(45)49)52-33-42(34-54(62-53)55(52)58)60(39-22-11-5-12-23-39)40-24-13-6-14-25-40/h3-36H,1-2H3. The predicted octanol–water partition coefficient (Wildman–Crippen LogP) is 13.0. The second-order valence-electron chi connectivity index (χ2n) is 17.3. The van der Waals surface area contributed by atoms with Crippen molar-refractivity contribution in [2.45, 2.75) is 19.3 Å². The number of ether oxygens (including phenoxy) is 1. The summed E-state index contributed by atoms with van der Waals surface area (Å²) in [4.78, 5) is 4.71. The molecular formula is C57H40BN3O. The summed E-state index contributed by atoms with van der Waals surface area (Å²) in [5.74, 6) is 1.81. The van der Waals surface area contributed by atoms with Crippen molar-refractivity contribution >= 4 is 79.0 Å². The Morgan fingerprint density at radius 2 is 1.00 bits per heavy atom. The first-order valence-corrected chi connectivity index (χ1v) is 21.5. The number of para-hydroxylation sites is 6. The average Bonchev–Trinajstić information content (AvgIpc) is 3.77. The van der Waals surface area contributed by atoms with Gasteiger partial charge in [-0.1, -0.05) is 135 Å². The lowest BCUT2D eigenvalue weighted by atomic mass is 9.34. The maximum Gasteiger partial charge on any atom is 0.256 e. The molecular weight excluding hydrogens is 753 g/mol. The molecule has 0 N–H and O–H groups in total. The molecule has 0 radical (unpaired) electrons. The van der Waals surface area contributed by atoms with Gasteiger partial charge in [-0.25, -0.2) is 0 Å². The molecule has 0 spiro atoms. The molecule has 0 unspecified atom stereocenters. The van der Waals surface area contributed by atoms with Crippen LogP contribution in [0.15, 0.2) is 206 Å². The monoisotopic (exact) mass is 793 g/mol. The van der Waals surface area contributed by atoms with Crippen LogP contribution >= 0.6 is 0 Å². The van der Waals surface area contributed by atoms with E-state index in [0.29, 0.717) is 0 Å². The number of aromatic nitrogens is 1. The van der Waals surface area contributed by atoms with Gasteiger partial charge in [-0.3, -0.25) is 0 Å². The van der Waals surface area contributed by atoms with Gasteiger partial charge in [-0.15, -0.1) is 0 Å². The minimum Gasteiger partial charge on any atom is -0.458 e. The Kier molecular flexibility index (Phi) is 7.42. The molecule has 0 bridgehead atoms. The molecule has 0 fully saturated rings. The van der Waals surface area contributed by atoms with Crippen molar-refractivity contribution in [3.63, 3.8) is 0 Å². The van der Waals surface area contributed by atoms with Crippen LogP contribution in [0.3, 0.4) is 0 Å². The van der Waals surface area contributed by atoms with Gasteiger partial charge in [0.25, 0.3) is 6.71 Å². The SMILES string of the molecule is CC1(C)c2cc(N(c3ccccc3)c3ccccc3)ccc2-c2cc3c(cc21)B1c2c(cc(N(c4ccccc4)c4ccccc4)cc2-n2c4ccccc4c4cccc1c42)O3. The molecule has 3 aliphatic rings. The van der Waals surface area contributed by atoms with Gasteiger partial charge in [-0.05, 0) is 118 Å². The lowest BCUT2D eigenvalue weighted by Crippen LogP contribution is -2.58. The van der Waals surface area contributed by atoms with Crippen LogP contribution in [0.5, 0.6) is 11.5 Å². The quantitative estimate of drug-likeness (QED) is 0.156. The average molecular weight is 794 g/mol. The van der Waals surface area contributed by atoms with Gasteiger partial charge < -0.3 is 19.1 Å². The second kappa shape index (κ2) is 13.1. The molecule has 0 amide bonds. The summed E-state index contributed by atoms with van der Waals surface area (Å²) >= 11 is 0. The van der Waals surface area contributed by atoms with Gasteiger partial charge in [0.1, 0.15) is 11.5 Å². The molecule has 292 valence electrons. The minimum absolute atomic E-state index is 0.0211. The van der Waals surface area contributed by atoms with Crippen molar-refractivity contribution in [3.05, 3.63) is 217 Å². The first-order valence-electron chi connectivity index (χ1n) is 21.5. The van der Waals surface area contributed by atoms with Crippen LogP contribution in [0, 0.1) is 0 Å². The lowest BCUT2D eigenvalue weighted by Gasteiger charge is -2.36. The van der Waals surface area contributed by atoms with Crippen molar-refractivity contribution in [2.24, 2.45) is 0 Å². The van der Waals surface area contributed by atoms with E-state index in [4.69, 9.17) is 4.74 Å². The Hall–Kier alpha value is -7.76. The molecule has 10 aromatic rings. The van der Waals surface area contributed by atoms with E-state index < -0.39 is 0 Å². The van der Waals surface area contributed by atoms with Crippen molar-refractivity contribution < 1.29 is 4.74 Å². The fraction of sp³-hybridized carbons (Fsp3) is 0.0526. The topological polar surface area (TPSA) is 20.6 Å². The highest BCUT2D eigenvalue weighted by molar-refractivity contribution is 6.99. The number of hydrogen-bond acceptors (Lipinski definition) is 3. The van der Waals surface area contributed by atoms with Crippen LogP contribution in [-0.4, -0.2) is 11.3 Å². The largest absolute Gasteiger partial charge is 0.458 e. The maximum absolute atomic E-state index is 7.32. The van der Waals surface area contributed by atoms with E-state index >= 15 is 0 Å². The molecule has 0 atom stereocenters. The highest BCUT2D eigenvalue weighted by Crippen LogP contribution is 2.52. The van der Waals surface area contributed by atoms with Crippen LogP contribution in [0.25, 0.3) is 38.6 Å². The lowest BCUT2D eigenvalue weighted by molar-refractivity contribution is 0.487. The Morgan fingerprint density at radius 1 is 0.435 bits per heavy atom. The van der Waals surface area contributed by atoms with Crippen LogP contribution in [0.1, 0.15) is 25.0 Å². The second-order valence-corrected chi connectivity index (χ2v) is 17.3. The molecule has 13 rings (SSSR count). The smallest absolute Gasteiger partial charge is 0.256 e. The number of anilines is 6. The van der Waals surface area contributed by atoms with Crippen LogP contribution in [0.2, 0.25) is 0 Å². The third-order valence-electron chi connectivity index (χ3n) is 13.6. The Labute approximate surface area is 361 Å². The van der Waals surface area contributed by atoms with E-state index in [1.54, 1.807) is 0 Å². The first-order chi connectivity index (χ1) is 30.5. The van der Waals surface area contributed by atoms with Gasteiger partial charge in [0.15, 0.2) is 0 Å². The van der Waals surface area contributed by atoms with Crippen molar-refractivity contribution in [2.75, 3.05) is 9.80 Å². The molecule has 0 saturated carbocycles. The number of hydrogen-bond donors (Lipinski definition) is 0. The van der Waals surface area contributed by atoms with E-state index in [1.165, 1.54) is 60.4 Å². The van der Waals surface area contributed by atoms with E-state index in [0.717, 1.165) is 51.3 Å². The summed E-state index contributed by atoms with van der Waals surface area (Å²) in [6.07, 6.45) is 0. The molecule has 62 heavy (non-hydrogen) atoms. The Morgan fingerprint density at radius 3 is 1.65 bits per heavy atom. The zero-order chi connectivity index (χ0) is 41.1. The first kappa shape index (κ1) is 35.0. The Bertz CT molecular complexity index is 3340. The fourth-order valence-corrected chi connectivity index (χ4v) is 10.8. The third-order valence-corrected chi connectivity index (χ3v) is 13.6. The van der Waals surface area contributed by atoms with Crippen LogP contribution in [-0.2, 0) is 5.41 Å². The maximum atomic E-state index is 7.32. The van der Waals surface area contributed by atoms with E-state index in [-0.39, 0.29) is 12.1 Å². The fourth-order valence-electron chi connectivity index (χ4n) is 10.8. The zero-order valence-electron chi connectivity index (χ0n) is 34.5.